The third-order valence-corrected chi connectivity index (χ3v) is 3.69. The second-order valence-electron chi connectivity index (χ2n) is 5.43. The molecular weight excluding hydrogens is 239 g/mol. The zero-order valence-corrected chi connectivity index (χ0v) is 11.3. The van der Waals surface area contributed by atoms with Crippen molar-refractivity contribution < 1.29 is 9.50 Å². The molecule has 2 aromatic carbocycles. The van der Waals surface area contributed by atoms with Crippen LogP contribution in [0.3, 0.4) is 0 Å². The number of aliphatic hydroxyl groups excluding tert-OH is 1. The van der Waals surface area contributed by atoms with Gasteiger partial charge in [-0.2, -0.15) is 0 Å². The molecular formula is C17H19FO. The fourth-order valence-corrected chi connectivity index (χ4v) is 2.16. The van der Waals surface area contributed by atoms with Crippen molar-refractivity contribution in [3.63, 3.8) is 0 Å². The second kappa shape index (κ2) is 5.54. The largest absolute Gasteiger partial charge is 0.392 e. The lowest BCUT2D eigenvalue weighted by atomic mass is 9.77. The molecule has 0 amide bonds. The minimum absolute atomic E-state index is 0.249. The predicted octanol–water partition coefficient (Wildman–Crippen LogP) is 3.71. The van der Waals surface area contributed by atoms with Crippen molar-refractivity contribution in [2.24, 2.45) is 0 Å². The topological polar surface area (TPSA) is 20.2 Å². The average molecular weight is 258 g/mol. The Morgan fingerprint density at radius 2 is 1.58 bits per heavy atom. The first-order valence-corrected chi connectivity index (χ1v) is 6.48. The molecule has 0 heterocycles. The van der Waals surface area contributed by atoms with Gasteiger partial charge in [-0.05, 0) is 29.7 Å². The Balaban J connectivity index is 2.15. The SMILES string of the molecule is CC(C)(c1ccccc1)C(O)Cc1ccc(F)cc1. The van der Waals surface area contributed by atoms with Gasteiger partial charge in [0, 0.05) is 5.41 Å². The lowest BCUT2D eigenvalue weighted by molar-refractivity contribution is 0.1000. The lowest BCUT2D eigenvalue weighted by Crippen LogP contribution is -2.35. The number of hydrogen-bond donors (Lipinski definition) is 1. The van der Waals surface area contributed by atoms with Crippen molar-refractivity contribution in [2.45, 2.75) is 31.8 Å². The molecule has 2 aromatic rings. The highest BCUT2D eigenvalue weighted by molar-refractivity contribution is 5.26. The minimum Gasteiger partial charge on any atom is -0.392 e. The Morgan fingerprint density at radius 1 is 1.00 bits per heavy atom. The van der Waals surface area contributed by atoms with E-state index in [1.165, 1.54) is 12.1 Å². The normalized spacial score (nSPS) is 13.3. The van der Waals surface area contributed by atoms with Gasteiger partial charge in [0.1, 0.15) is 5.82 Å². The molecule has 0 fully saturated rings. The standard InChI is InChI=1S/C17H19FO/c1-17(2,14-6-4-3-5-7-14)16(19)12-13-8-10-15(18)11-9-13/h3-11,16,19H,12H2,1-2H3. The summed E-state index contributed by atoms with van der Waals surface area (Å²) in [6.07, 6.45) is 0.00249. The van der Waals surface area contributed by atoms with Gasteiger partial charge in [0.25, 0.3) is 0 Å². The monoisotopic (exact) mass is 258 g/mol. The van der Waals surface area contributed by atoms with Crippen molar-refractivity contribution in [3.8, 4) is 0 Å². The average Bonchev–Trinajstić information content (AvgIpc) is 2.42. The highest BCUT2D eigenvalue weighted by Gasteiger charge is 2.29. The van der Waals surface area contributed by atoms with E-state index in [2.05, 4.69) is 0 Å². The Kier molecular flexibility index (Phi) is 4.01. The first kappa shape index (κ1) is 13.8. The van der Waals surface area contributed by atoms with Crippen molar-refractivity contribution >= 4 is 0 Å². The van der Waals surface area contributed by atoms with Crippen LogP contribution in [0.5, 0.6) is 0 Å². The summed E-state index contributed by atoms with van der Waals surface area (Å²) in [5, 5.41) is 10.5. The van der Waals surface area contributed by atoms with Gasteiger partial charge in [0.05, 0.1) is 6.10 Å². The molecule has 0 aliphatic rings. The summed E-state index contributed by atoms with van der Waals surface area (Å²) in [5.41, 5.74) is 1.71. The van der Waals surface area contributed by atoms with Gasteiger partial charge < -0.3 is 5.11 Å². The number of rotatable bonds is 4. The van der Waals surface area contributed by atoms with E-state index in [4.69, 9.17) is 0 Å². The molecule has 0 radical (unpaired) electrons. The van der Waals surface area contributed by atoms with Crippen LogP contribution in [0.4, 0.5) is 4.39 Å². The third-order valence-electron chi connectivity index (χ3n) is 3.69. The van der Waals surface area contributed by atoms with E-state index in [1.54, 1.807) is 12.1 Å². The molecule has 19 heavy (non-hydrogen) atoms. The van der Waals surface area contributed by atoms with Crippen LogP contribution >= 0.6 is 0 Å². The number of hydrogen-bond acceptors (Lipinski definition) is 1. The summed E-state index contributed by atoms with van der Waals surface area (Å²) in [6, 6.07) is 16.3. The van der Waals surface area contributed by atoms with Gasteiger partial charge >= 0.3 is 0 Å². The van der Waals surface area contributed by atoms with Crippen molar-refractivity contribution in [3.05, 3.63) is 71.5 Å². The second-order valence-corrected chi connectivity index (χ2v) is 5.43. The minimum atomic E-state index is -0.514. The van der Waals surface area contributed by atoms with E-state index in [1.807, 2.05) is 44.2 Å². The van der Waals surface area contributed by atoms with Crippen LogP contribution in [0.1, 0.15) is 25.0 Å². The predicted molar refractivity (Wildman–Crippen MR) is 75.6 cm³/mol. The summed E-state index contributed by atoms with van der Waals surface area (Å²) in [5.74, 6) is -0.249. The van der Waals surface area contributed by atoms with Crippen molar-refractivity contribution in [1.82, 2.24) is 0 Å². The smallest absolute Gasteiger partial charge is 0.123 e. The molecule has 0 spiro atoms. The Morgan fingerprint density at radius 3 is 2.16 bits per heavy atom. The Bertz CT molecular complexity index is 517. The van der Waals surface area contributed by atoms with Gasteiger partial charge in [-0.15, -0.1) is 0 Å². The molecule has 100 valence electrons. The molecule has 0 saturated carbocycles. The van der Waals surface area contributed by atoms with Crippen LogP contribution in [0, 0.1) is 5.82 Å². The summed E-state index contributed by atoms with van der Waals surface area (Å²) in [6.45, 7) is 4.05. The molecule has 0 aliphatic carbocycles. The highest BCUT2D eigenvalue weighted by atomic mass is 19.1. The van der Waals surface area contributed by atoms with Crippen molar-refractivity contribution in [2.75, 3.05) is 0 Å². The first-order chi connectivity index (χ1) is 9.00. The Hall–Kier alpha value is -1.67. The number of aliphatic hydroxyl groups is 1. The Labute approximate surface area is 113 Å². The number of halogens is 1. The van der Waals surface area contributed by atoms with Gasteiger partial charge in [-0.1, -0.05) is 56.3 Å². The molecule has 0 aromatic heterocycles. The van der Waals surface area contributed by atoms with Crippen LogP contribution in [-0.4, -0.2) is 11.2 Å². The zero-order valence-electron chi connectivity index (χ0n) is 11.3. The summed E-state index contributed by atoms with van der Waals surface area (Å²) < 4.78 is 12.9. The molecule has 1 atom stereocenters. The van der Waals surface area contributed by atoms with Gasteiger partial charge in [-0.3, -0.25) is 0 Å². The molecule has 0 bridgehead atoms. The van der Waals surface area contributed by atoms with Gasteiger partial charge in [-0.25, -0.2) is 4.39 Å². The maximum Gasteiger partial charge on any atom is 0.123 e. The highest BCUT2D eigenvalue weighted by Crippen LogP contribution is 2.28. The molecule has 2 rings (SSSR count). The third kappa shape index (κ3) is 3.21. The molecule has 1 N–H and O–H groups in total. The maximum atomic E-state index is 12.9. The zero-order chi connectivity index (χ0) is 13.9. The maximum absolute atomic E-state index is 12.9. The summed E-state index contributed by atoms with van der Waals surface area (Å²) in [4.78, 5) is 0. The lowest BCUT2D eigenvalue weighted by Gasteiger charge is -2.31. The fourth-order valence-electron chi connectivity index (χ4n) is 2.16. The van der Waals surface area contributed by atoms with Crippen LogP contribution in [0.2, 0.25) is 0 Å². The summed E-state index contributed by atoms with van der Waals surface area (Å²) >= 11 is 0. The van der Waals surface area contributed by atoms with E-state index in [-0.39, 0.29) is 11.2 Å². The first-order valence-electron chi connectivity index (χ1n) is 6.48. The van der Waals surface area contributed by atoms with Gasteiger partial charge in [0.15, 0.2) is 0 Å². The molecule has 0 aliphatic heterocycles. The van der Waals surface area contributed by atoms with E-state index in [0.717, 1.165) is 11.1 Å². The van der Waals surface area contributed by atoms with E-state index >= 15 is 0 Å². The fraction of sp³-hybridized carbons (Fsp3) is 0.294. The van der Waals surface area contributed by atoms with Crippen LogP contribution in [0.15, 0.2) is 54.6 Å². The van der Waals surface area contributed by atoms with Crippen LogP contribution in [-0.2, 0) is 11.8 Å². The van der Waals surface area contributed by atoms with Crippen LogP contribution < -0.4 is 0 Å². The summed E-state index contributed by atoms with van der Waals surface area (Å²) in [7, 11) is 0. The quantitative estimate of drug-likeness (QED) is 0.886. The molecule has 0 saturated heterocycles. The molecule has 2 heteroatoms. The molecule has 1 unspecified atom stereocenters. The number of benzene rings is 2. The van der Waals surface area contributed by atoms with E-state index in [9.17, 15) is 9.50 Å². The van der Waals surface area contributed by atoms with Crippen molar-refractivity contribution in [1.29, 1.82) is 0 Å². The van der Waals surface area contributed by atoms with Gasteiger partial charge in [0.2, 0.25) is 0 Å². The van der Waals surface area contributed by atoms with Crippen LogP contribution in [0.25, 0.3) is 0 Å². The van der Waals surface area contributed by atoms with E-state index < -0.39 is 6.10 Å². The van der Waals surface area contributed by atoms with E-state index in [0.29, 0.717) is 6.42 Å². The molecule has 1 nitrogen and oxygen atoms in total.